The maximum Gasteiger partial charge on any atom is 0.354 e. The molecule has 0 radical (unpaired) electrons. The minimum atomic E-state index is -1.06. The van der Waals surface area contributed by atoms with E-state index in [0.717, 1.165) is 5.39 Å². The first kappa shape index (κ1) is 11.6. The third-order valence-electron chi connectivity index (χ3n) is 2.96. The smallest absolute Gasteiger partial charge is 0.354 e. The largest absolute Gasteiger partial charge is 0.486 e. The zero-order valence-corrected chi connectivity index (χ0v) is 10.3. The Morgan fingerprint density at radius 1 is 1.26 bits per heavy atom. The number of carboxylic acids is 1. The van der Waals surface area contributed by atoms with E-state index in [2.05, 4.69) is 10.3 Å². The molecule has 1 aromatic carbocycles. The van der Waals surface area contributed by atoms with Gasteiger partial charge >= 0.3 is 5.97 Å². The Balaban J connectivity index is 2.27. The summed E-state index contributed by atoms with van der Waals surface area (Å²) in [5, 5.41) is 12.8. The summed E-state index contributed by atoms with van der Waals surface area (Å²) in [6.45, 7) is 0.990. The van der Waals surface area contributed by atoms with Gasteiger partial charge in [-0.25, -0.2) is 9.78 Å². The van der Waals surface area contributed by atoms with Gasteiger partial charge in [0.25, 0.3) is 0 Å². The number of benzene rings is 1. The fourth-order valence-corrected chi connectivity index (χ4v) is 2.08. The molecule has 0 aliphatic carbocycles. The van der Waals surface area contributed by atoms with Crippen LogP contribution in [0.3, 0.4) is 0 Å². The standard InChI is InChI=1S/C13H12N2O4/c1-14-8-5-10(13(16)17)15-9-6-12-11(4-7(8)9)18-2-3-19-12/h4-6H,2-3H2,1H3,(H,14,15)(H,16,17). The van der Waals surface area contributed by atoms with Gasteiger partial charge in [0.05, 0.1) is 5.52 Å². The monoisotopic (exact) mass is 260 g/mol. The summed E-state index contributed by atoms with van der Waals surface area (Å²) in [6.07, 6.45) is 0. The van der Waals surface area contributed by atoms with Gasteiger partial charge in [-0.15, -0.1) is 0 Å². The lowest BCUT2D eigenvalue weighted by molar-refractivity contribution is 0.0691. The zero-order chi connectivity index (χ0) is 13.4. The highest BCUT2D eigenvalue weighted by Crippen LogP contribution is 2.36. The molecule has 0 saturated carbocycles. The molecule has 1 aliphatic rings. The van der Waals surface area contributed by atoms with E-state index >= 15 is 0 Å². The number of hydrogen-bond acceptors (Lipinski definition) is 5. The van der Waals surface area contributed by atoms with Gasteiger partial charge in [0, 0.05) is 24.2 Å². The number of nitrogens with zero attached hydrogens (tertiary/aromatic N) is 1. The van der Waals surface area contributed by atoms with Crippen molar-refractivity contribution in [2.24, 2.45) is 0 Å². The Morgan fingerprint density at radius 3 is 2.58 bits per heavy atom. The molecule has 0 unspecified atom stereocenters. The van der Waals surface area contributed by atoms with Crippen LogP contribution in [0.25, 0.3) is 10.9 Å². The molecule has 0 atom stereocenters. The van der Waals surface area contributed by atoms with Crippen molar-refractivity contribution in [1.82, 2.24) is 4.98 Å². The van der Waals surface area contributed by atoms with E-state index in [4.69, 9.17) is 14.6 Å². The Hall–Kier alpha value is -2.50. The number of ether oxygens (including phenoxy) is 2. The van der Waals surface area contributed by atoms with Crippen molar-refractivity contribution in [2.45, 2.75) is 0 Å². The predicted octanol–water partition coefficient (Wildman–Crippen LogP) is 1.75. The highest BCUT2D eigenvalue weighted by molar-refractivity contribution is 5.98. The summed E-state index contributed by atoms with van der Waals surface area (Å²) in [5.41, 5.74) is 1.25. The molecule has 0 bridgehead atoms. The molecule has 98 valence electrons. The fraction of sp³-hybridized carbons (Fsp3) is 0.231. The molecular formula is C13H12N2O4. The zero-order valence-electron chi connectivity index (χ0n) is 10.3. The number of rotatable bonds is 2. The molecule has 3 rings (SSSR count). The van der Waals surface area contributed by atoms with Crippen LogP contribution in [-0.2, 0) is 0 Å². The van der Waals surface area contributed by atoms with Crippen LogP contribution in [0.15, 0.2) is 18.2 Å². The highest BCUT2D eigenvalue weighted by Gasteiger charge is 2.17. The van der Waals surface area contributed by atoms with Crippen molar-refractivity contribution in [3.8, 4) is 11.5 Å². The van der Waals surface area contributed by atoms with E-state index in [1.54, 1.807) is 13.1 Å². The summed E-state index contributed by atoms with van der Waals surface area (Å²) in [6, 6.07) is 5.02. The van der Waals surface area contributed by atoms with Gasteiger partial charge in [-0.1, -0.05) is 0 Å². The maximum absolute atomic E-state index is 11.1. The van der Waals surface area contributed by atoms with Crippen LogP contribution in [0, 0.1) is 0 Å². The summed E-state index contributed by atoms with van der Waals surface area (Å²) in [5.74, 6) is 0.184. The van der Waals surface area contributed by atoms with Crippen molar-refractivity contribution < 1.29 is 19.4 Å². The molecule has 6 nitrogen and oxygen atoms in total. The topological polar surface area (TPSA) is 80.7 Å². The number of hydrogen-bond donors (Lipinski definition) is 2. The summed E-state index contributed by atoms with van der Waals surface area (Å²) < 4.78 is 11.0. The molecule has 19 heavy (non-hydrogen) atoms. The predicted molar refractivity (Wildman–Crippen MR) is 69.2 cm³/mol. The molecule has 6 heteroatoms. The number of pyridine rings is 1. The second-order valence-corrected chi connectivity index (χ2v) is 4.12. The van der Waals surface area contributed by atoms with Crippen molar-refractivity contribution in [1.29, 1.82) is 0 Å². The van der Waals surface area contributed by atoms with E-state index in [-0.39, 0.29) is 5.69 Å². The van der Waals surface area contributed by atoms with Crippen LogP contribution in [0.2, 0.25) is 0 Å². The average Bonchev–Trinajstić information content (AvgIpc) is 2.43. The molecular weight excluding hydrogens is 248 g/mol. The third kappa shape index (κ3) is 1.91. The van der Waals surface area contributed by atoms with Crippen LogP contribution in [0.1, 0.15) is 10.5 Å². The van der Waals surface area contributed by atoms with Crippen LogP contribution >= 0.6 is 0 Å². The number of anilines is 1. The van der Waals surface area contributed by atoms with Gasteiger partial charge in [-0.3, -0.25) is 0 Å². The molecule has 0 fully saturated rings. The first-order chi connectivity index (χ1) is 9.19. The quantitative estimate of drug-likeness (QED) is 0.856. The van der Waals surface area contributed by atoms with Gasteiger partial charge in [0.15, 0.2) is 17.2 Å². The molecule has 1 aromatic heterocycles. The second kappa shape index (κ2) is 4.31. The molecule has 0 saturated heterocycles. The third-order valence-corrected chi connectivity index (χ3v) is 2.96. The molecule has 1 aliphatic heterocycles. The number of carbonyl (C=O) groups is 1. The Morgan fingerprint density at radius 2 is 1.95 bits per heavy atom. The van der Waals surface area contributed by atoms with Crippen molar-refractivity contribution >= 4 is 22.6 Å². The Labute approximate surface area is 109 Å². The normalized spacial score (nSPS) is 13.3. The van der Waals surface area contributed by atoms with Crippen LogP contribution in [0.4, 0.5) is 5.69 Å². The number of nitrogens with one attached hydrogen (secondary N) is 1. The number of fused-ring (bicyclic) bond motifs is 2. The molecule has 2 N–H and O–H groups in total. The van der Waals surface area contributed by atoms with Crippen molar-refractivity contribution in [3.05, 3.63) is 23.9 Å². The van der Waals surface area contributed by atoms with Crippen LogP contribution in [0.5, 0.6) is 11.5 Å². The average molecular weight is 260 g/mol. The van der Waals surface area contributed by atoms with Gasteiger partial charge in [0.1, 0.15) is 13.2 Å². The summed E-state index contributed by atoms with van der Waals surface area (Å²) in [4.78, 5) is 15.2. The minimum absolute atomic E-state index is 0.00599. The first-order valence-electron chi connectivity index (χ1n) is 5.84. The van der Waals surface area contributed by atoms with Gasteiger partial charge in [-0.05, 0) is 12.1 Å². The second-order valence-electron chi connectivity index (χ2n) is 4.12. The van der Waals surface area contributed by atoms with Crippen LogP contribution < -0.4 is 14.8 Å². The van der Waals surface area contributed by atoms with Crippen molar-refractivity contribution in [3.63, 3.8) is 0 Å². The van der Waals surface area contributed by atoms with E-state index in [1.807, 2.05) is 6.07 Å². The van der Waals surface area contributed by atoms with Gasteiger partial charge in [0.2, 0.25) is 0 Å². The summed E-state index contributed by atoms with van der Waals surface area (Å²) in [7, 11) is 1.73. The lowest BCUT2D eigenvalue weighted by Gasteiger charge is -2.19. The maximum atomic E-state index is 11.1. The highest BCUT2D eigenvalue weighted by atomic mass is 16.6. The SMILES string of the molecule is CNc1cc(C(=O)O)nc2cc3c(cc12)OCCO3. The Kier molecular flexibility index (Phi) is 2.63. The lowest BCUT2D eigenvalue weighted by atomic mass is 10.1. The first-order valence-corrected chi connectivity index (χ1v) is 5.84. The lowest BCUT2D eigenvalue weighted by Crippen LogP contribution is -2.15. The molecule has 2 aromatic rings. The van der Waals surface area contributed by atoms with E-state index in [1.165, 1.54) is 6.07 Å². The van der Waals surface area contributed by atoms with E-state index in [0.29, 0.717) is 35.9 Å². The Bertz CT molecular complexity index is 669. The number of carboxylic acid groups (broad SMARTS) is 1. The van der Waals surface area contributed by atoms with E-state index < -0.39 is 5.97 Å². The van der Waals surface area contributed by atoms with Gasteiger partial charge < -0.3 is 19.9 Å². The van der Waals surface area contributed by atoms with Crippen LogP contribution in [-0.4, -0.2) is 36.3 Å². The minimum Gasteiger partial charge on any atom is -0.486 e. The molecule has 2 heterocycles. The van der Waals surface area contributed by atoms with E-state index in [9.17, 15) is 4.79 Å². The van der Waals surface area contributed by atoms with Crippen molar-refractivity contribution in [2.75, 3.05) is 25.6 Å². The fourth-order valence-electron chi connectivity index (χ4n) is 2.08. The summed E-state index contributed by atoms with van der Waals surface area (Å²) >= 11 is 0. The molecule has 0 spiro atoms. The molecule has 0 amide bonds. The number of aromatic carboxylic acids is 1. The van der Waals surface area contributed by atoms with Gasteiger partial charge in [-0.2, -0.15) is 0 Å². The number of aromatic nitrogens is 1.